The number of benzene rings is 2. The summed E-state index contributed by atoms with van der Waals surface area (Å²) in [4.78, 5) is 0. The summed E-state index contributed by atoms with van der Waals surface area (Å²) in [6, 6.07) is 21.3. The minimum atomic E-state index is 0.405. The minimum absolute atomic E-state index is 0.405. The van der Waals surface area contributed by atoms with E-state index in [0.717, 1.165) is 11.3 Å². The second-order valence-corrected chi connectivity index (χ2v) is 3.79. The van der Waals surface area contributed by atoms with E-state index in [0.29, 0.717) is 5.71 Å². The molecule has 0 unspecified atom stereocenters. The number of anilines is 1. The standard InChI is InChI=1S/C15H13N3/c1-18(14-10-6-3-7-11-14)17-15(12-16)13-8-4-2-5-9-13/h2-11H,1H3/b17-15-. The molecule has 3 heteroatoms. The average Bonchev–Trinajstić information content (AvgIpc) is 2.46. The molecule has 0 N–H and O–H groups in total. The molecule has 0 fully saturated rings. The molecule has 88 valence electrons. The van der Waals surface area contributed by atoms with E-state index >= 15 is 0 Å². The van der Waals surface area contributed by atoms with E-state index in [1.807, 2.05) is 67.7 Å². The molecule has 2 aromatic rings. The van der Waals surface area contributed by atoms with Crippen LogP contribution < -0.4 is 5.01 Å². The highest BCUT2D eigenvalue weighted by atomic mass is 15.4. The van der Waals surface area contributed by atoms with Crippen LogP contribution in [0.5, 0.6) is 0 Å². The van der Waals surface area contributed by atoms with Crippen molar-refractivity contribution >= 4 is 11.4 Å². The van der Waals surface area contributed by atoms with Gasteiger partial charge >= 0.3 is 0 Å². The van der Waals surface area contributed by atoms with Crippen LogP contribution >= 0.6 is 0 Å². The van der Waals surface area contributed by atoms with Crippen LogP contribution in [0.4, 0.5) is 5.69 Å². The number of hydrazone groups is 1. The molecular formula is C15H13N3. The summed E-state index contributed by atoms with van der Waals surface area (Å²) in [5.74, 6) is 0. The second kappa shape index (κ2) is 5.65. The third-order valence-electron chi connectivity index (χ3n) is 2.53. The normalized spacial score (nSPS) is 10.8. The average molecular weight is 235 g/mol. The van der Waals surface area contributed by atoms with Gasteiger partial charge in [-0.05, 0) is 12.1 Å². The van der Waals surface area contributed by atoms with Crippen molar-refractivity contribution in [1.82, 2.24) is 0 Å². The predicted octanol–water partition coefficient (Wildman–Crippen LogP) is 3.05. The molecule has 0 amide bonds. The Morgan fingerprint density at radius 2 is 1.56 bits per heavy atom. The molecule has 0 heterocycles. The number of rotatable bonds is 3. The first-order chi connectivity index (χ1) is 8.81. The Balaban J connectivity index is 2.29. The summed E-state index contributed by atoms with van der Waals surface area (Å²) in [6.45, 7) is 0. The lowest BCUT2D eigenvalue weighted by atomic mass is 10.1. The zero-order valence-electron chi connectivity index (χ0n) is 10.1. The molecular weight excluding hydrogens is 222 g/mol. The van der Waals surface area contributed by atoms with Crippen LogP contribution in [0.15, 0.2) is 65.8 Å². The van der Waals surface area contributed by atoms with Gasteiger partial charge in [0.1, 0.15) is 6.07 Å². The van der Waals surface area contributed by atoms with Gasteiger partial charge in [-0.1, -0.05) is 48.5 Å². The van der Waals surface area contributed by atoms with E-state index in [4.69, 9.17) is 5.26 Å². The van der Waals surface area contributed by atoms with Crippen LogP contribution in [-0.2, 0) is 0 Å². The molecule has 2 rings (SSSR count). The van der Waals surface area contributed by atoms with Gasteiger partial charge in [-0.2, -0.15) is 10.4 Å². The number of para-hydroxylation sites is 1. The number of hydrogen-bond donors (Lipinski definition) is 0. The Kier molecular flexibility index (Phi) is 3.72. The largest absolute Gasteiger partial charge is 0.267 e. The topological polar surface area (TPSA) is 39.4 Å². The predicted molar refractivity (Wildman–Crippen MR) is 73.4 cm³/mol. The number of nitriles is 1. The molecule has 18 heavy (non-hydrogen) atoms. The molecule has 0 saturated heterocycles. The third kappa shape index (κ3) is 2.74. The molecule has 0 aliphatic carbocycles. The highest BCUT2D eigenvalue weighted by molar-refractivity contribution is 6.11. The van der Waals surface area contributed by atoms with Gasteiger partial charge in [0.05, 0.1) is 5.69 Å². The summed E-state index contributed by atoms with van der Waals surface area (Å²) in [5.41, 5.74) is 2.17. The number of nitrogens with zero attached hydrogens (tertiary/aromatic N) is 3. The van der Waals surface area contributed by atoms with Crippen molar-refractivity contribution in [3.63, 3.8) is 0 Å². The maximum atomic E-state index is 9.17. The highest BCUT2D eigenvalue weighted by Gasteiger charge is 2.04. The minimum Gasteiger partial charge on any atom is -0.267 e. The first kappa shape index (κ1) is 11.9. The van der Waals surface area contributed by atoms with Crippen molar-refractivity contribution in [3.8, 4) is 6.07 Å². The van der Waals surface area contributed by atoms with Crippen molar-refractivity contribution in [2.45, 2.75) is 0 Å². The lowest BCUT2D eigenvalue weighted by Crippen LogP contribution is -2.12. The monoisotopic (exact) mass is 235 g/mol. The molecule has 0 atom stereocenters. The van der Waals surface area contributed by atoms with Crippen molar-refractivity contribution in [3.05, 3.63) is 66.2 Å². The Hall–Kier alpha value is -2.60. The van der Waals surface area contributed by atoms with E-state index < -0.39 is 0 Å². The van der Waals surface area contributed by atoms with Gasteiger partial charge < -0.3 is 0 Å². The molecule has 0 aliphatic rings. The van der Waals surface area contributed by atoms with E-state index in [1.165, 1.54) is 0 Å². The highest BCUT2D eigenvalue weighted by Crippen LogP contribution is 2.12. The molecule has 0 spiro atoms. The Bertz CT molecular complexity index is 568. The van der Waals surface area contributed by atoms with Gasteiger partial charge in [-0.3, -0.25) is 5.01 Å². The third-order valence-corrected chi connectivity index (χ3v) is 2.53. The van der Waals surface area contributed by atoms with E-state index in [1.54, 1.807) is 5.01 Å². The summed E-state index contributed by atoms with van der Waals surface area (Å²) in [7, 11) is 1.83. The number of hydrogen-bond acceptors (Lipinski definition) is 3. The van der Waals surface area contributed by atoms with Crippen LogP contribution in [-0.4, -0.2) is 12.8 Å². The van der Waals surface area contributed by atoms with Crippen molar-refractivity contribution in [1.29, 1.82) is 5.26 Å². The molecule has 0 bridgehead atoms. The van der Waals surface area contributed by atoms with Crippen LogP contribution in [0, 0.1) is 11.3 Å². The van der Waals surface area contributed by atoms with Crippen molar-refractivity contribution in [2.75, 3.05) is 12.1 Å². The first-order valence-electron chi connectivity index (χ1n) is 5.64. The molecule has 0 radical (unpaired) electrons. The summed E-state index contributed by atoms with van der Waals surface area (Å²) in [6.07, 6.45) is 0. The molecule has 0 aliphatic heterocycles. The second-order valence-electron chi connectivity index (χ2n) is 3.79. The van der Waals surface area contributed by atoms with Gasteiger partial charge in [0.25, 0.3) is 0 Å². The van der Waals surface area contributed by atoms with Gasteiger partial charge in [-0.25, -0.2) is 0 Å². The lowest BCUT2D eigenvalue weighted by Gasteiger charge is -2.13. The van der Waals surface area contributed by atoms with E-state index in [9.17, 15) is 0 Å². The van der Waals surface area contributed by atoms with Crippen LogP contribution in [0.3, 0.4) is 0 Å². The maximum Gasteiger partial charge on any atom is 0.168 e. The maximum absolute atomic E-state index is 9.17. The zero-order valence-corrected chi connectivity index (χ0v) is 10.1. The smallest absolute Gasteiger partial charge is 0.168 e. The van der Waals surface area contributed by atoms with E-state index in [2.05, 4.69) is 11.2 Å². The fraction of sp³-hybridized carbons (Fsp3) is 0.0667. The molecule has 0 saturated carbocycles. The molecule has 2 aromatic carbocycles. The Labute approximate surface area is 107 Å². The van der Waals surface area contributed by atoms with E-state index in [-0.39, 0.29) is 0 Å². The summed E-state index contributed by atoms with van der Waals surface area (Å²) < 4.78 is 0. The van der Waals surface area contributed by atoms with Crippen LogP contribution in [0.1, 0.15) is 5.56 Å². The lowest BCUT2D eigenvalue weighted by molar-refractivity contribution is 1.02. The first-order valence-corrected chi connectivity index (χ1v) is 5.64. The Morgan fingerprint density at radius 1 is 1.00 bits per heavy atom. The fourth-order valence-electron chi connectivity index (χ4n) is 1.59. The van der Waals surface area contributed by atoms with Gasteiger partial charge in [0.15, 0.2) is 5.71 Å². The SMILES string of the molecule is CN(/N=C(/C#N)c1ccccc1)c1ccccc1. The van der Waals surface area contributed by atoms with Gasteiger partial charge in [0, 0.05) is 12.6 Å². The molecule has 3 nitrogen and oxygen atoms in total. The fourth-order valence-corrected chi connectivity index (χ4v) is 1.59. The van der Waals surface area contributed by atoms with Gasteiger partial charge in [-0.15, -0.1) is 0 Å². The van der Waals surface area contributed by atoms with Crippen molar-refractivity contribution < 1.29 is 0 Å². The molecule has 0 aromatic heterocycles. The van der Waals surface area contributed by atoms with Gasteiger partial charge in [0.2, 0.25) is 0 Å². The zero-order chi connectivity index (χ0) is 12.8. The van der Waals surface area contributed by atoms with Crippen molar-refractivity contribution in [2.24, 2.45) is 5.10 Å². The summed E-state index contributed by atoms with van der Waals surface area (Å²) in [5, 5.41) is 15.2. The van der Waals surface area contributed by atoms with Crippen LogP contribution in [0.2, 0.25) is 0 Å². The quantitative estimate of drug-likeness (QED) is 0.606. The Morgan fingerprint density at radius 3 is 2.11 bits per heavy atom. The summed E-state index contributed by atoms with van der Waals surface area (Å²) >= 11 is 0. The van der Waals surface area contributed by atoms with Crippen LogP contribution in [0.25, 0.3) is 0 Å².